The number of nitrogens with zero attached hydrogens (tertiary/aromatic N) is 2. The molecule has 0 amide bonds. The van der Waals surface area contributed by atoms with Crippen molar-refractivity contribution >= 4 is 0 Å². The van der Waals surface area contributed by atoms with E-state index in [-0.39, 0.29) is 45.7 Å². The van der Waals surface area contributed by atoms with Gasteiger partial charge in [0.1, 0.15) is 5.69 Å². The van der Waals surface area contributed by atoms with Crippen LogP contribution in [0.4, 0.5) is 0 Å². The fourth-order valence-corrected chi connectivity index (χ4v) is 2.79. The Kier molecular flexibility index (Phi) is 11.2. The molecular weight excluding hydrogens is 401 g/mol. The minimum atomic E-state index is -0.0997. The molecule has 5 heteroatoms. The van der Waals surface area contributed by atoms with E-state index in [2.05, 4.69) is 5.10 Å². The van der Waals surface area contributed by atoms with Gasteiger partial charge in [0.25, 0.3) is 5.56 Å². The van der Waals surface area contributed by atoms with Gasteiger partial charge in [-0.05, 0) is 50.2 Å². The third-order valence-electron chi connectivity index (χ3n) is 4.15. The van der Waals surface area contributed by atoms with Crippen molar-refractivity contribution in [1.82, 2.24) is 9.78 Å². The minimum Gasteiger partial charge on any atom is -0.491 e. The number of hydrogen-bond acceptors (Lipinski definition) is 3. The Balaban J connectivity index is 0.00000151. The van der Waals surface area contributed by atoms with E-state index in [1.807, 2.05) is 52.0 Å². The summed E-state index contributed by atoms with van der Waals surface area (Å²) in [5, 5.41) is 4.47. The summed E-state index contributed by atoms with van der Waals surface area (Å²) in [6.45, 7) is 8.50. The number of aromatic nitrogens is 2. The van der Waals surface area contributed by atoms with Crippen LogP contribution in [0.1, 0.15) is 44.9 Å². The summed E-state index contributed by atoms with van der Waals surface area (Å²) in [6.07, 6.45) is 3.38. The smallest absolute Gasteiger partial charge is 0.278 e. The molecule has 1 saturated carbocycles. The third-order valence-corrected chi connectivity index (χ3v) is 4.15. The summed E-state index contributed by atoms with van der Waals surface area (Å²) in [4.78, 5) is 12.7. The molecule has 0 bridgehead atoms. The average molecular weight is 432 g/mol. The number of benzene rings is 1. The van der Waals surface area contributed by atoms with Gasteiger partial charge in [0.15, 0.2) is 5.75 Å². The van der Waals surface area contributed by atoms with Crippen LogP contribution in [0.25, 0.3) is 11.1 Å². The number of aryl methyl sites for hydroxylation is 2. The van der Waals surface area contributed by atoms with Crippen molar-refractivity contribution in [3.63, 3.8) is 0 Å². The first-order valence-corrected chi connectivity index (χ1v) is 8.90. The summed E-state index contributed by atoms with van der Waals surface area (Å²) < 4.78 is 7.31. The van der Waals surface area contributed by atoms with Crippen LogP contribution in [0.5, 0.6) is 5.75 Å². The van der Waals surface area contributed by atoms with Gasteiger partial charge in [0.2, 0.25) is 0 Å². The Labute approximate surface area is 183 Å². The molecule has 0 spiro atoms. The van der Waals surface area contributed by atoms with Crippen LogP contribution in [0.2, 0.25) is 0 Å². The molecule has 2 aromatic rings. The first-order chi connectivity index (χ1) is 11.6. The van der Waals surface area contributed by atoms with E-state index in [0.717, 1.165) is 23.2 Å². The van der Waals surface area contributed by atoms with E-state index in [1.165, 1.54) is 17.5 Å². The normalized spacial score (nSPS) is 12.2. The van der Waals surface area contributed by atoms with Crippen molar-refractivity contribution in [2.45, 2.75) is 47.0 Å². The van der Waals surface area contributed by atoms with Crippen molar-refractivity contribution in [2.75, 3.05) is 6.61 Å². The largest absolute Gasteiger partial charge is 0.491 e. The van der Waals surface area contributed by atoms with Gasteiger partial charge in [0, 0.05) is 39.8 Å². The number of ether oxygens (including phenoxy) is 1. The molecule has 0 unspecified atom stereocenters. The van der Waals surface area contributed by atoms with Crippen molar-refractivity contribution in [1.29, 1.82) is 0 Å². The molecule has 1 heterocycles. The molecule has 1 radical (unpaired) electrons. The van der Waals surface area contributed by atoms with Gasteiger partial charge in [-0.25, -0.2) is 4.68 Å². The van der Waals surface area contributed by atoms with Gasteiger partial charge < -0.3 is 12.2 Å². The first kappa shape index (κ1) is 25.0. The number of hydrogen-bond donors (Lipinski definition) is 0. The quantitative estimate of drug-likeness (QED) is 0.650. The van der Waals surface area contributed by atoms with Crippen LogP contribution < -0.4 is 10.3 Å². The molecule has 0 atom stereocenters. The standard InChI is InChI=1S/C18H22N2O2.C2H6.CH3.Y/c1-4-22-17-15(11-13-9-10-13)19-20(3)18(21)16(17)14-8-6-5-7-12(14)2;1-2;;/h5-8,13H,4,9-11H2,1-3H3;1-2H3;1H3;/q;;-1;. The maximum atomic E-state index is 12.7. The minimum absolute atomic E-state index is 0. The predicted octanol–water partition coefficient (Wildman–Crippen LogP) is 4.58. The molecule has 0 aliphatic heterocycles. The van der Waals surface area contributed by atoms with Crippen molar-refractivity contribution in [3.8, 4) is 16.9 Å². The number of rotatable bonds is 5. The summed E-state index contributed by atoms with van der Waals surface area (Å²) in [7, 11) is 1.72. The first-order valence-electron chi connectivity index (χ1n) is 8.90. The Morgan fingerprint density at radius 2 is 1.85 bits per heavy atom. The van der Waals surface area contributed by atoms with Crippen molar-refractivity contribution in [3.05, 3.63) is 53.3 Å². The molecule has 1 aromatic carbocycles. The van der Waals surface area contributed by atoms with Gasteiger partial charge in [-0.3, -0.25) is 4.79 Å². The molecule has 4 nitrogen and oxygen atoms in total. The molecule has 0 saturated heterocycles. The van der Waals surface area contributed by atoms with E-state index in [4.69, 9.17) is 4.74 Å². The van der Waals surface area contributed by atoms with Gasteiger partial charge in [-0.2, -0.15) is 5.10 Å². The third kappa shape index (κ3) is 5.75. The van der Waals surface area contributed by atoms with Crippen LogP contribution in [-0.2, 0) is 46.2 Å². The molecule has 1 aliphatic carbocycles. The summed E-state index contributed by atoms with van der Waals surface area (Å²) >= 11 is 0. The van der Waals surface area contributed by atoms with Crippen LogP contribution in [0, 0.1) is 20.3 Å². The second kappa shape index (κ2) is 11.7. The molecule has 26 heavy (non-hydrogen) atoms. The fourth-order valence-electron chi connectivity index (χ4n) is 2.79. The summed E-state index contributed by atoms with van der Waals surface area (Å²) in [5.41, 5.74) is 3.46. The summed E-state index contributed by atoms with van der Waals surface area (Å²) in [5.74, 6) is 1.36. The van der Waals surface area contributed by atoms with Gasteiger partial charge in [0.05, 0.1) is 12.2 Å². The molecule has 1 aliphatic rings. The monoisotopic (exact) mass is 432 g/mol. The van der Waals surface area contributed by atoms with Gasteiger partial charge >= 0.3 is 0 Å². The van der Waals surface area contributed by atoms with E-state index in [1.54, 1.807) is 7.05 Å². The zero-order valence-electron chi connectivity index (χ0n) is 17.0. The zero-order chi connectivity index (χ0) is 17.7. The predicted molar refractivity (Wildman–Crippen MR) is 105 cm³/mol. The molecule has 3 rings (SSSR count). The zero-order valence-corrected chi connectivity index (χ0v) is 19.8. The Hall–Kier alpha value is -0.996. The van der Waals surface area contributed by atoms with Crippen LogP contribution in [0.3, 0.4) is 0 Å². The summed E-state index contributed by atoms with van der Waals surface area (Å²) in [6, 6.07) is 7.94. The topological polar surface area (TPSA) is 44.1 Å². The Morgan fingerprint density at radius 3 is 2.38 bits per heavy atom. The SMILES string of the molecule is CC.CCOc1c(CC2CC2)nn(C)c(=O)c1-c1ccccc1C.[CH3-].[Y]. The van der Waals surface area contributed by atoms with Crippen molar-refractivity contribution in [2.24, 2.45) is 13.0 Å². The van der Waals surface area contributed by atoms with Crippen LogP contribution in [0.15, 0.2) is 29.1 Å². The fraction of sp³-hybridized carbons (Fsp3) is 0.476. The maximum Gasteiger partial charge on any atom is 0.278 e. The molecular formula is C21H31N2O2Y-. The second-order valence-electron chi connectivity index (χ2n) is 5.98. The van der Waals surface area contributed by atoms with E-state index < -0.39 is 0 Å². The van der Waals surface area contributed by atoms with E-state index in [0.29, 0.717) is 23.8 Å². The van der Waals surface area contributed by atoms with Crippen LogP contribution in [-0.4, -0.2) is 16.4 Å². The van der Waals surface area contributed by atoms with Gasteiger partial charge in [-0.1, -0.05) is 38.1 Å². The average Bonchev–Trinajstić information content (AvgIpc) is 3.40. The van der Waals surface area contributed by atoms with Crippen molar-refractivity contribution < 1.29 is 37.4 Å². The Bertz CT molecular complexity index is 752. The Morgan fingerprint density at radius 1 is 1.23 bits per heavy atom. The van der Waals surface area contributed by atoms with E-state index in [9.17, 15) is 4.79 Å². The molecule has 1 fully saturated rings. The molecule has 141 valence electrons. The van der Waals surface area contributed by atoms with E-state index >= 15 is 0 Å². The maximum absolute atomic E-state index is 12.7. The molecule has 1 aromatic heterocycles. The second-order valence-corrected chi connectivity index (χ2v) is 5.98. The van der Waals surface area contributed by atoms with Crippen LogP contribution >= 0.6 is 0 Å². The molecule has 0 N–H and O–H groups in total. The van der Waals surface area contributed by atoms with Gasteiger partial charge in [-0.15, -0.1) is 0 Å².